The molecule has 0 saturated carbocycles. The number of hydrogen-bond donors (Lipinski definition) is 2. The molecule has 1 aromatic rings. The number of hydrogen-bond acceptors (Lipinski definition) is 3. The topological polar surface area (TPSA) is 39.7 Å². The van der Waals surface area contributed by atoms with Crippen LogP contribution < -0.4 is 10.6 Å². The van der Waals surface area contributed by atoms with Crippen molar-refractivity contribution in [1.82, 2.24) is 15.5 Å². The Labute approximate surface area is 132 Å². The average Bonchev–Trinajstić information content (AvgIpc) is 3.09. The largest absolute Gasteiger partial charge is 0.356 e. The summed E-state index contributed by atoms with van der Waals surface area (Å²) < 4.78 is 0. The number of rotatable bonds is 6. The van der Waals surface area contributed by atoms with E-state index < -0.39 is 0 Å². The maximum atomic E-state index is 4.31. The van der Waals surface area contributed by atoms with Crippen molar-refractivity contribution in [2.45, 2.75) is 33.2 Å². The van der Waals surface area contributed by atoms with E-state index in [4.69, 9.17) is 0 Å². The SMILES string of the molecule is CCCN1CCC(CNC(=NC)NCc2ccc(C)s2)C1. The van der Waals surface area contributed by atoms with Gasteiger partial charge in [0.15, 0.2) is 5.96 Å². The highest BCUT2D eigenvalue weighted by atomic mass is 32.1. The molecular formula is C16H28N4S. The molecular weight excluding hydrogens is 280 g/mol. The van der Waals surface area contributed by atoms with Gasteiger partial charge in [-0.15, -0.1) is 11.3 Å². The van der Waals surface area contributed by atoms with Crippen molar-refractivity contribution in [2.24, 2.45) is 10.9 Å². The number of aryl methyl sites for hydroxylation is 1. The van der Waals surface area contributed by atoms with Crippen LogP contribution in [0.25, 0.3) is 0 Å². The van der Waals surface area contributed by atoms with Gasteiger partial charge in [0.25, 0.3) is 0 Å². The van der Waals surface area contributed by atoms with Crippen molar-refractivity contribution in [3.05, 3.63) is 21.9 Å². The summed E-state index contributed by atoms with van der Waals surface area (Å²) in [6.45, 7) is 9.98. The Balaban J connectivity index is 1.68. The Morgan fingerprint density at radius 2 is 2.29 bits per heavy atom. The van der Waals surface area contributed by atoms with Crippen LogP contribution in [-0.4, -0.2) is 44.1 Å². The molecule has 1 unspecified atom stereocenters. The van der Waals surface area contributed by atoms with Crippen molar-refractivity contribution < 1.29 is 0 Å². The van der Waals surface area contributed by atoms with Crippen LogP contribution in [0.2, 0.25) is 0 Å². The number of thiophene rings is 1. The summed E-state index contributed by atoms with van der Waals surface area (Å²) in [6, 6.07) is 4.35. The Kier molecular flexibility index (Phi) is 6.51. The van der Waals surface area contributed by atoms with Crippen molar-refractivity contribution in [2.75, 3.05) is 33.2 Å². The van der Waals surface area contributed by atoms with Gasteiger partial charge in [0.2, 0.25) is 0 Å². The first-order valence-corrected chi connectivity index (χ1v) is 8.75. The van der Waals surface area contributed by atoms with Crippen LogP contribution in [0.5, 0.6) is 0 Å². The molecule has 0 radical (unpaired) electrons. The third-order valence-electron chi connectivity index (χ3n) is 3.92. The summed E-state index contributed by atoms with van der Waals surface area (Å²) >= 11 is 1.84. The number of likely N-dealkylation sites (tertiary alicyclic amines) is 1. The maximum absolute atomic E-state index is 4.31. The molecule has 21 heavy (non-hydrogen) atoms. The predicted molar refractivity (Wildman–Crippen MR) is 92.1 cm³/mol. The summed E-state index contributed by atoms with van der Waals surface area (Å²) in [5.41, 5.74) is 0. The standard InChI is InChI=1S/C16H28N4S/c1-4-8-20-9-7-14(12-20)10-18-16(17-3)19-11-15-6-5-13(2)21-15/h5-6,14H,4,7-12H2,1-3H3,(H2,17,18,19). The van der Waals surface area contributed by atoms with Gasteiger partial charge in [0.1, 0.15) is 0 Å². The molecule has 0 aliphatic carbocycles. The summed E-state index contributed by atoms with van der Waals surface area (Å²) in [4.78, 5) is 9.59. The first-order chi connectivity index (χ1) is 10.2. The molecule has 0 amide bonds. The molecule has 2 heterocycles. The molecule has 118 valence electrons. The molecule has 0 spiro atoms. The Bertz CT molecular complexity index is 455. The predicted octanol–water partition coefficient (Wildman–Crippen LogP) is 2.45. The van der Waals surface area contributed by atoms with Gasteiger partial charge in [-0.25, -0.2) is 0 Å². The fourth-order valence-corrected chi connectivity index (χ4v) is 3.64. The van der Waals surface area contributed by atoms with Crippen LogP contribution >= 0.6 is 11.3 Å². The lowest BCUT2D eigenvalue weighted by molar-refractivity contribution is 0.324. The van der Waals surface area contributed by atoms with Gasteiger partial charge in [-0.05, 0) is 50.9 Å². The molecule has 2 rings (SSSR count). The quantitative estimate of drug-likeness (QED) is 0.626. The van der Waals surface area contributed by atoms with E-state index in [-0.39, 0.29) is 0 Å². The second-order valence-electron chi connectivity index (χ2n) is 5.77. The first-order valence-electron chi connectivity index (χ1n) is 7.93. The zero-order valence-corrected chi connectivity index (χ0v) is 14.3. The van der Waals surface area contributed by atoms with Crippen LogP contribution in [0.1, 0.15) is 29.5 Å². The molecule has 1 aromatic heterocycles. The lowest BCUT2D eigenvalue weighted by atomic mass is 10.1. The smallest absolute Gasteiger partial charge is 0.191 e. The van der Waals surface area contributed by atoms with Crippen LogP contribution in [0.4, 0.5) is 0 Å². The van der Waals surface area contributed by atoms with Crippen LogP contribution in [-0.2, 0) is 6.54 Å². The monoisotopic (exact) mass is 308 g/mol. The zero-order chi connectivity index (χ0) is 15.1. The first kappa shape index (κ1) is 16.3. The zero-order valence-electron chi connectivity index (χ0n) is 13.5. The molecule has 5 heteroatoms. The lowest BCUT2D eigenvalue weighted by Gasteiger charge is -2.16. The Hall–Kier alpha value is -1.07. The van der Waals surface area contributed by atoms with Gasteiger partial charge in [-0.1, -0.05) is 6.92 Å². The van der Waals surface area contributed by atoms with E-state index in [1.54, 1.807) is 0 Å². The van der Waals surface area contributed by atoms with E-state index in [9.17, 15) is 0 Å². The lowest BCUT2D eigenvalue weighted by Crippen LogP contribution is -2.39. The van der Waals surface area contributed by atoms with Gasteiger partial charge in [0, 0.05) is 29.9 Å². The molecule has 1 fully saturated rings. The van der Waals surface area contributed by atoms with E-state index in [1.807, 2.05) is 18.4 Å². The molecule has 1 aliphatic rings. The molecule has 1 atom stereocenters. The van der Waals surface area contributed by atoms with Crippen molar-refractivity contribution in [1.29, 1.82) is 0 Å². The second kappa shape index (κ2) is 8.39. The van der Waals surface area contributed by atoms with Crippen LogP contribution in [0, 0.1) is 12.8 Å². The summed E-state index contributed by atoms with van der Waals surface area (Å²) in [6.07, 6.45) is 2.55. The van der Waals surface area contributed by atoms with Gasteiger partial charge in [-0.2, -0.15) is 0 Å². The fraction of sp³-hybridized carbons (Fsp3) is 0.688. The second-order valence-corrected chi connectivity index (χ2v) is 7.15. The number of nitrogens with zero attached hydrogens (tertiary/aromatic N) is 2. The average molecular weight is 308 g/mol. The van der Waals surface area contributed by atoms with Crippen molar-refractivity contribution >= 4 is 17.3 Å². The van der Waals surface area contributed by atoms with E-state index >= 15 is 0 Å². The summed E-state index contributed by atoms with van der Waals surface area (Å²) in [5, 5.41) is 6.86. The summed E-state index contributed by atoms with van der Waals surface area (Å²) in [7, 11) is 1.84. The van der Waals surface area contributed by atoms with Crippen molar-refractivity contribution in [3.63, 3.8) is 0 Å². The van der Waals surface area contributed by atoms with Gasteiger partial charge in [0.05, 0.1) is 6.54 Å². The fourth-order valence-electron chi connectivity index (χ4n) is 2.81. The highest BCUT2D eigenvalue weighted by Crippen LogP contribution is 2.16. The van der Waals surface area contributed by atoms with E-state index in [2.05, 4.69) is 46.5 Å². The highest BCUT2D eigenvalue weighted by Gasteiger charge is 2.21. The van der Waals surface area contributed by atoms with E-state index in [0.717, 1.165) is 25.0 Å². The molecule has 4 nitrogen and oxygen atoms in total. The van der Waals surface area contributed by atoms with E-state index in [1.165, 1.54) is 42.2 Å². The van der Waals surface area contributed by atoms with Gasteiger partial charge in [-0.3, -0.25) is 4.99 Å². The maximum Gasteiger partial charge on any atom is 0.191 e. The van der Waals surface area contributed by atoms with Crippen LogP contribution in [0.15, 0.2) is 17.1 Å². The number of guanidine groups is 1. The van der Waals surface area contributed by atoms with Crippen molar-refractivity contribution in [3.8, 4) is 0 Å². The minimum absolute atomic E-state index is 0.749. The highest BCUT2D eigenvalue weighted by molar-refractivity contribution is 7.11. The molecule has 0 aromatic carbocycles. The normalized spacial score (nSPS) is 20.0. The summed E-state index contributed by atoms with van der Waals surface area (Å²) in [5.74, 6) is 1.66. The van der Waals surface area contributed by atoms with Crippen LogP contribution in [0.3, 0.4) is 0 Å². The number of aliphatic imine (C=N–C) groups is 1. The Morgan fingerprint density at radius 1 is 1.43 bits per heavy atom. The van der Waals surface area contributed by atoms with Gasteiger partial charge < -0.3 is 15.5 Å². The van der Waals surface area contributed by atoms with E-state index in [0.29, 0.717) is 0 Å². The molecule has 2 N–H and O–H groups in total. The molecule has 1 saturated heterocycles. The molecule has 0 bridgehead atoms. The third-order valence-corrected chi connectivity index (χ3v) is 4.92. The molecule has 1 aliphatic heterocycles. The minimum Gasteiger partial charge on any atom is -0.356 e. The minimum atomic E-state index is 0.749. The number of nitrogens with one attached hydrogen (secondary N) is 2. The Morgan fingerprint density at radius 3 is 2.95 bits per heavy atom. The third kappa shape index (κ3) is 5.32. The van der Waals surface area contributed by atoms with Gasteiger partial charge >= 0.3 is 0 Å².